The molecule has 0 saturated carbocycles. The number of esters is 1. The minimum absolute atomic E-state index is 0.250. The van der Waals surface area contributed by atoms with Gasteiger partial charge >= 0.3 is 5.97 Å². The molecular formula is C20H24O2. The minimum atomic E-state index is -0.463. The van der Waals surface area contributed by atoms with Gasteiger partial charge in [-0.15, -0.1) is 0 Å². The van der Waals surface area contributed by atoms with Crippen molar-refractivity contribution >= 4 is 5.97 Å². The molecule has 0 unspecified atom stereocenters. The molecule has 0 aliphatic heterocycles. The molecule has 0 amide bonds. The summed E-state index contributed by atoms with van der Waals surface area (Å²) in [6.45, 7) is 7.61. The van der Waals surface area contributed by atoms with E-state index in [1.54, 1.807) is 0 Å². The Kier molecular flexibility index (Phi) is 5.02. The van der Waals surface area contributed by atoms with Crippen LogP contribution >= 0.6 is 0 Å². The Morgan fingerprint density at radius 2 is 1.59 bits per heavy atom. The van der Waals surface area contributed by atoms with Crippen molar-refractivity contribution in [3.8, 4) is 0 Å². The van der Waals surface area contributed by atoms with Crippen molar-refractivity contribution in [3.05, 3.63) is 70.8 Å². The van der Waals surface area contributed by atoms with E-state index in [1.165, 1.54) is 11.1 Å². The number of hydrogen-bond acceptors (Lipinski definition) is 2. The van der Waals surface area contributed by atoms with Crippen molar-refractivity contribution < 1.29 is 9.53 Å². The number of hydrogen-bond donors (Lipinski definition) is 0. The van der Waals surface area contributed by atoms with Gasteiger partial charge in [0.05, 0.1) is 5.56 Å². The Morgan fingerprint density at radius 1 is 0.955 bits per heavy atom. The minimum Gasteiger partial charge on any atom is -0.456 e. The maximum Gasteiger partial charge on any atom is 0.338 e. The molecule has 2 nitrogen and oxygen atoms in total. The van der Waals surface area contributed by atoms with Gasteiger partial charge in [-0.3, -0.25) is 0 Å². The van der Waals surface area contributed by atoms with Crippen molar-refractivity contribution in [1.29, 1.82) is 0 Å². The fraction of sp³-hybridized carbons (Fsp3) is 0.350. The molecule has 2 heteroatoms. The van der Waals surface area contributed by atoms with Crippen LogP contribution in [-0.4, -0.2) is 11.6 Å². The summed E-state index contributed by atoms with van der Waals surface area (Å²) >= 11 is 0. The molecule has 0 atom stereocenters. The van der Waals surface area contributed by atoms with Crippen LogP contribution in [0.25, 0.3) is 0 Å². The largest absolute Gasteiger partial charge is 0.456 e. The van der Waals surface area contributed by atoms with E-state index >= 15 is 0 Å². The lowest BCUT2D eigenvalue weighted by Crippen LogP contribution is -2.24. The zero-order valence-electron chi connectivity index (χ0n) is 13.8. The molecule has 22 heavy (non-hydrogen) atoms. The third kappa shape index (κ3) is 4.73. The molecule has 2 aromatic carbocycles. The van der Waals surface area contributed by atoms with E-state index in [2.05, 4.69) is 30.3 Å². The van der Waals surface area contributed by atoms with Gasteiger partial charge in [0.2, 0.25) is 0 Å². The summed E-state index contributed by atoms with van der Waals surface area (Å²) in [7, 11) is 0. The molecule has 0 radical (unpaired) electrons. The van der Waals surface area contributed by atoms with Gasteiger partial charge in [-0.05, 0) is 63.3 Å². The first-order chi connectivity index (χ1) is 10.3. The van der Waals surface area contributed by atoms with Crippen LogP contribution < -0.4 is 0 Å². The van der Waals surface area contributed by atoms with Crippen molar-refractivity contribution in [1.82, 2.24) is 0 Å². The SMILES string of the molecule is Cc1cc(CCc2ccccc2)ccc1C(=O)OC(C)(C)C. The summed E-state index contributed by atoms with van der Waals surface area (Å²) in [6, 6.07) is 16.4. The molecule has 116 valence electrons. The second-order valence-corrected chi connectivity index (χ2v) is 6.64. The molecule has 0 aromatic heterocycles. The van der Waals surface area contributed by atoms with Crippen LogP contribution in [0.4, 0.5) is 0 Å². The van der Waals surface area contributed by atoms with E-state index in [-0.39, 0.29) is 5.97 Å². The Balaban J connectivity index is 2.05. The molecule has 0 saturated heterocycles. The zero-order valence-corrected chi connectivity index (χ0v) is 13.8. The van der Waals surface area contributed by atoms with Crippen molar-refractivity contribution in [2.75, 3.05) is 0 Å². The number of aryl methyl sites for hydroxylation is 3. The molecule has 2 rings (SSSR count). The third-order valence-electron chi connectivity index (χ3n) is 3.45. The van der Waals surface area contributed by atoms with Crippen LogP contribution in [0.1, 0.15) is 47.8 Å². The van der Waals surface area contributed by atoms with E-state index < -0.39 is 5.60 Å². The van der Waals surface area contributed by atoms with Crippen LogP contribution in [0.3, 0.4) is 0 Å². The summed E-state index contributed by atoms with van der Waals surface area (Å²) in [5.41, 5.74) is 3.73. The van der Waals surface area contributed by atoms with E-state index in [4.69, 9.17) is 4.74 Å². The first-order valence-electron chi connectivity index (χ1n) is 7.72. The van der Waals surface area contributed by atoms with Gasteiger partial charge in [0.25, 0.3) is 0 Å². The number of ether oxygens (including phenoxy) is 1. The first-order valence-corrected chi connectivity index (χ1v) is 7.72. The maximum absolute atomic E-state index is 12.1. The third-order valence-corrected chi connectivity index (χ3v) is 3.45. The highest BCUT2D eigenvalue weighted by atomic mass is 16.6. The number of rotatable bonds is 4. The summed E-state index contributed by atoms with van der Waals surface area (Å²) in [5, 5.41) is 0. The normalized spacial score (nSPS) is 11.3. The second kappa shape index (κ2) is 6.78. The Bertz CT molecular complexity index is 637. The Hall–Kier alpha value is -2.09. The van der Waals surface area contributed by atoms with Gasteiger partial charge in [-0.25, -0.2) is 4.79 Å². The molecule has 0 aliphatic carbocycles. The molecular weight excluding hydrogens is 272 g/mol. The predicted octanol–water partition coefficient (Wildman–Crippen LogP) is 4.74. The molecule has 0 heterocycles. The summed E-state index contributed by atoms with van der Waals surface area (Å²) in [5.74, 6) is -0.250. The maximum atomic E-state index is 12.1. The van der Waals surface area contributed by atoms with Gasteiger partial charge in [0, 0.05) is 0 Å². The topological polar surface area (TPSA) is 26.3 Å². The van der Waals surface area contributed by atoms with Crippen LogP contribution in [0, 0.1) is 6.92 Å². The molecule has 0 bridgehead atoms. The monoisotopic (exact) mass is 296 g/mol. The summed E-state index contributed by atoms with van der Waals surface area (Å²) in [6.07, 6.45) is 1.98. The van der Waals surface area contributed by atoms with Crippen molar-refractivity contribution in [2.24, 2.45) is 0 Å². The highest BCUT2D eigenvalue weighted by Crippen LogP contribution is 2.17. The molecule has 0 aliphatic rings. The standard InChI is InChI=1S/C20H24O2/c1-15-14-17(11-10-16-8-6-5-7-9-16)12-13-18(15)19(21)22-20(2,3)4/h5-9,12-14H,10-11H2,1-4H3. The first kappa shape index (κ1) is 16.3. The average molecular weight is 296 g/mol. The number of benzene rings is 2. The average Bonchev–Trinajstić information content (AvgIpc) is 2.44. The van der Waals surface area contributed by atoms with Crippen LogP contribution in [0.15, 0.2) is 48.5 Å². The van der Waals surface area contributed by atoms with Gasteiger partial charge in [0.15, 0.2) is 0 Å². The fourth-order valence-corrected chi connectivity index (χ4v) is 2.38. The molecule has 2 aromatic rings. The van der Waals surface area contributed by atoms with Crippen LogP contribution in [0.5, 0.6) is 0 Å². The number of carbonyl (C=O) groups excluding carboxylic acids is 1. The van der Waals surface area contributed by atoms with Gasteiger partial charge in [0.1, 0.15) is 5.60 Å². The van der Waals surface area contributed by atoms with Crippen molar-refractivity contribution in [2.45, 2.75) is 46.1 Å². The van der Waals surface area contributed by atoms with Gasteiger partial charge < -0.3 is 4.74 Å². The Morgan fingerprint density at radius 3 is 2.18 bits per heavy atom. The Labute approximate surface area is 133 Å². The molecule has 0 N–H and O–H groups in total. The smallest absolute Gasteiger partial charge is 0.338 e. The van der Waals surface area contributed by atoms with Gasteiger partial charge in [-0.2, -0.15) is 0 Å². The van der Waals surface area contributed by atoms with Crippen LogP contribution in [-0.2, 0) is 17.6 Å². The van der Waals surface area contributed by atoms with E-state index in [1.807, 2.05) is 45.9 Å². The lowest BCUT2D eigenvalue weighted by molar-refractivity contribution is 0.00688. The lowest BCUT2D eigenvalue weighted by Gasteiger charge is -2.20. The van der Waals surface area contributed by atoms with E-state index in [0.717, 1.165) is 18.4 Å². The fourth-order valence-electron chi connectivity index (χ4n) is 2.38. The molecule has 0 fully saturated rings. The van der Waals surface area contributed by atoms with Crippen molar-refractivity contribution in [3.63, 3.8) is 0 Å². The van der Waals surface area contributed by atoms with Crippen LogP contribution in [0.2, 0.25) is 0 Å². The predicted molar refractivity (Wildman–Crippen MR) is 90.2 cm³/mol. The van der Waals surface area contributed by atoms with E-state index in [0.29, 0.717) is 5.56 Å². The number of carbonyl (C=O) groups is 1. The second-order valence-electron chi connectivity index (χ2n) is 6.64. The summed E-state index contributed by atoms with van der Waals surface area (Å²) in [4.78, 5) is 12.1. The van der Waals surface area contributed by atoms with E-state index in [9.17, 15) is 4.79 Å². The van der Waals surface area contributed by atoms with Gasteiger partial charge in [-0.1, -0.05) is 42.5 Å². The quantitative estimate of drug-likeness (QED) is 0.762. The zero-order chi connectivity index (χ0) is 16.2. The highest BCUT2D eigenvalue weighted by Gasteiger charge is 2.19. The summed E-state index contributed by atoms with van der Waals surface area (Å²) < 4.78 is 5.43. The highest BCUT2D eigenvalue weighted by molar-refractivity contribution is 5.91. The molecule has 0 spiro atoms. The lowest BCUT2D eigenvalue weighted by atomic mass is 10.00.